The summed E-state index contributed by atoms with van der Waals surface area (Å²) in [7, 11) is 0. The average Bonchev–Trinajstić information content (AvgIpc) is 2.58. The summed E-state index contributed by atoms with van der Waals surface area (Å²) >= 11 is 8.27. The largest absolute Gasteiger partial charge is 0.321 e. The molecule has 0 radical (unpaired) electrons. The van der Waals surface area contributed by atoms with Crippen molar-refractivity contribution >= 4 is 45.8 Å². The highest BCUT2D eigenvalue weighted by molar-refractivity contribution is 14.1. The fraction of sp³-hybridized carbons (Fsp3) is 0. The lowest BCUT2D eigenvalue weighted by molar-refractivity contribution is 0.102. The van der Waals surface area contributed by atoms with E-state index in [2.05, 4.69) is 37.9 Å². The minimum Gasteiger partial charge on any atom is -0.321 e. The van der Waals surface area contributed by atoms with Crippen molar-refractivity contribution in [3.8, 4) is 11.4 Å². The molecule has 2 aromatic carbocycles. The van der Waals surface area contributed by atoms with Crippen LogP contribution in [0.3, 0.4) is 0 Å². The molecule has 1 heterocycles. The first-order valence-corrected chi connectivity index (χ1v) is 8.23. The highest BCUT2D eigenvalue weighted by Crippen LogP contribution is 2.24. The predicted octanol–water partition coefficient (Wildman–Crippen LogP) is 4.65. The maximum absolute atomic E-state index is 12.2. The van der Waals surface area contributed by atoms with Crippen LogP contribution in [0.4, 0.5) is 5.69 Å². The van der Waals surface area contributed by atoms with E-state index < -0.39 is 0 Å². The monoisotopic (exact) mass is 435 g/mol. The van der Waals surface area contributed by atoms with Crippen molar-refractivity contribution < 1.29 is 4.79 Å². The van der Waals surface area contributed by atoms with Gasteiger partial charge in [-0.3, -0.25) is 4.79 Å². The number of benzene rings is 2. The van der Waals surface area contributed by atoms with Crippen LogP contribution in [0.15, 0.2) is 60.9 Å². The summed E-state index contributed by atoms with van der Waals surface area (Å²) in [5.41, 5.74) is 1.84. The predicted molar refractivity (Wildman–Crippen MR) is 99.6 cm³/mol. The van der Waals surface area contributed by atoms with Gasteiger partial charge in [-0.25, -0.2) is 9.97 Å². The van der Waals surface area contributed by atoms with Crippen LogP contribution in [-0.2, 0) is 0 Å². The third kappa shape index (κ3) is 3.86. The molecule has 0 atom stereocenters. The molecule has 0 aliphatic rings. The van der Waals surface area contributed by atoms with Crippen LogP contribution in [0, 0.1) is 3.57 Å². The maximum Gasteiger partial charge on any atom is 0.258 e. The molecule has 0 unspecified atom stereocenters. The molecule has 0 saturated heterocycles. The summed E-state index contributed by atoms with van der Waals surface area (Å²) in [6, 6.07) is 15.0. The van der Waals surface area contributed by atoms with Gasteiger partial charge in [-0.1, -0.05) is 41.9 Å². The van der Waals surface area contributed by atoms with E-state index in [4.69, 9.17) is 11.6 Å². The number of hydrogen-bond donors (Lipinski definition) is 1. The van der Waals surface area contributed by atoms with E-state index in [0.717, 1.165) is 9.13 Å². The summed E-state index contributed by atoms with van der Waals surface area (Å²) in [6.07, 6.45) is 3.01. The lowest BCUT2D eigenvalue weighted by Crippen LogP contribution is -2.13. The molecule has 6 heteroatoms. The van der Waals surface area contributed by atoms with Gasteiger partial charge in [0.25, 0.3) is 5.91 Å². The van der Waals surface area contributed by atoms with Gasteiger partial charge in [0.15, 0.2) is 5.82 Å². The Morgan fingerprint density at radius 1 is 1.04 bits per heavy atom. The van der Waals surface area contributed by atoms with E-state index in [0.29, 0.717) is 22.1 Å². The van der Waals surface area contributed by atoms with E-state index in [1.165, 1.54) is 12.4 Å². The van der Waals surface area contributed by atoms with Crippen molar-refractivity contribution in [1.29, 1.82) is 0 Å². The molecule has 4 nitrogen and oxygen atoms in total. The van der Waals surface area contributed by atoms with E-state index in [1.807, 2.05) is 36.4 Å². The van der Waals surface area contributed by atoms with Gasteiger partial charge in [0.05, 0.1) is 16.3 Å². The third-order valence-corrected chi connectivity index (χ3v) is 4.11. The Bertz CT molecular complexity index is 838. The number of nitrogens with one attached hydrogen (secondary N) is 1. The minimum atomic E-state index is -0.298. The van der Waals surface area contributed by atoms with Crippen LogP contribution in [0.1, 0.15) is 10.4 Å². The number of carbonyl (C=O) groups excluding carboxylic acids is 1. The molecule has 0 spiro atoms. The molecule has 23 heavy (non-hydrogen) atoms. The molecule has 3 rings (SSSR count). The first-order chi connectivity index (χ1) is 11.1. The quantitative estimate of drug-likeness (QED) is 0.609. The molecular formula is C17H11ClIN3O. The van der Waals surface area contributed by atoms with Crippen LogP contribution < -0.4 is 5.32 Å². The van der Waals surface area contributed by atoms with Gasteiger partial charge in [0.2, 0.25) is 0 Å². The molecule has 3 aromatic rings. The van der Waals surface area contributed by atoms with Crippen LogP contribution in [-0.4, -0.2) is 15.9 Å². The second-order valence-corrected chi connectivity index (χ2v) is 6.39. The van der Waals surface area contributed by atoms with Crippen LogP contribution in [0.2, 0.25) is 5.02 Å². The van der Waals surface area contributed by atoms with Crippen LogP contribution in [0.5, 0.6) is 0 Å². The normalized spacial score (nSPS) is 10.3. The van der Waals surface area contributed by atoms with Gasteiger partial charge in [0, 0.05) is 21.5 Å². The molecule has 1 amide bonds. The average molecular weight is 436 g/mol. The number of aromatic nitrogens is 2. The van der Waals surface area contributed by atoms with Crippen LogP contribution >= 0.6 is 34.2 Å². The van der Waals surface area contributed by atoms with E-state index in [-0.39, 0.29) is 5.91 Å². The molecule has 0 saturated carbocycles. The number of anilines is 1. The van der Waals surface area contributed by atoms with Gasteiger partial charge in [0.1, 0.15) is 0 Å². The molecule has 1 aromatic heterocycles. The Labute approximate surface area is 152 Å². The highest BCUT2D eigenvalue weighted by Gasteiger charge is 2.10. The standard InChI is InChI=1S/C17H11ClIN3O/c18-14-8-13(19)6-7-15(14)22-17(23)12-9-20-16(21-10-12)11-4-2-1-3-5-11/h1-10H,(H,22,23). The first-order valence-electron chi connectivity index (χ1n) is 6.77. The molecule has 0 aliphatic heterocycles. The summed E-state index contributed by atoms with van der Waals surface area (Å²) in [5, 5.41) is 3.25. The Kier molecular flexibility index (Phi) is 4.88. The zero-order chi connectivity index (χ0) is 16.2. The van der Waals surface area contributed by atoms with Crippen LogP contribution in [0.25, 0.3) is 11.4 Å². The molecule has 0 fully saturated rings. The number of carbonyl (C=O) groups is 1. The Morgan fingerprint density at radius 3 is 2.39 bits per heavy atom. The summed E-state index contributed by atoms with van der Waals surface area (Å²) in [4.78, 5) is 20.7. The lowest BCUT2D eigenvalue weighted by atomic mass is 10.2. The summed E-state index contributed by atoms with van der Waals surface area (Å²) in [6.45, 7) is 0. The minimum absolute atomic E-state index is 0.298. The highest BCUT2D eigenvalue weighted by atomic mass is 127. The van der Waals surface area contributed by atoms with E-state index in [1.54, 1.807) is 12.1 Å². The molecule has 0 bridgehead atoms. The Hall–Kier alpha value is -1.99. The van der Waals surface area contributed by atoms with Crippen molar-refractivity contribution in [1.82, 2.24) is 9.97 Å². The second-order valence-electron chi connectivity index (χ2n) is 4.74. The number of nitrogens with zero attached hydrogens (tertiary/aromatic N) is 2. The summed E-state index contributed by atoms with van der Waals surface area (Å²) < 4.78 is 1.00. The smallest absolute Gasteiger partial charge is 0.258 e. The maximum atomic E-state index is 12.2. The van der Waals surface area contributed by atoms with Gasteiger partial charge >= 0.3 is 0 Å². The van der Waals surface area contributed by atoms with Gasteiger partial charge in [-0.05, 0) is 40.8 Å². The van der Waals surface area contributed by atoms with Crippen molar-refractivity contribution in [2.45, 2.75) is 0 Å². The van der Waals surface area contributed by atoms with Crippen molar-refractivity contribution in [2.75, 3.05) is 5.32 Å². The number of halogens is 2. The Balaban J connectivity index is 1.78. The molecule has 0 aliphatic carbocycles. The van der Waals surface area contributed by atoms with E-state index >= 15 is 0 Å². The zero-order valence-electron chi connectivity index (χ0n) is 11.8. The topological polar surface area (TPSA) is 54.9 Å². The van der Waals surface area contributed by atoms with Gasteiger partial charge < -0.3 is 5.32 Å². The van der Waals surface area contributed by atoms with E-state index in [9.17, 15) is 4.79 Å². The molecule has 114 valence electrons. The lowest BCUT2D eigenvalue weighted by Gasteiger charge is -2.07. The van der Waals surface area contributed by atoms with Crippen molar-refractivity contribution in [2.24, 2.45) is 0 Å². The van der Waals surface area contributed by atoms with Crippen molar-refractivity contribution in [3.63, 3.8) is 0 Å². The Morgan fingerprint density at radius 2 is 1.74 bits per heavy atom. The van der Waals surface area contributed by atoms with Gasteiger partial charge in [-0.15, -0.1) is 0 Å². The number of amides is 1. The fourth-order valence-corrected chi connectivity index (χ4v) is 2.87. The van der Waals surface area contributed by atoms with Crippen molar-refractivity contribution in [3.05, 3.63) is 75.1 Å². The zero-order valence-corrected chi connectivity index (χ0v) is 14.7. The fourth-order valence-electron chi connectivity index (χ4n) is 1.97. The summed E-state index contributed by atoms with van der Waals surface area (Å²) in [5.74, 6) is 0.280. The SMILES string of the molecule is O=C(Nc1ccc(I)cc1Cl)c1cnc(-c2ccccc2)nc1. The first kappa shape index (κ1) is 15.9. The number of hydrogen-bond acceptors (Lipinski definition) is 3. The third-order valence-electron chi connectivity index (χ3n) is 3.13. The molecular weight excluding hydrogens is 425 g/mol. The molecule has 1 N–H and O–H groups in total. The number of rotatable bonds is 3. The van der Waals surface area contributed by atoms with Gasteiger partial charge in [-0.2, -0.15) is 0 Å². The second kappa shape index (κ2) is 7.06.